The van der Waals surface area contributed by atoms with Gasteiger partial charge in [0.05, 0.1) is 23.6 Å². The van der Waals surface area contributed by atoms with Crippen LogP contribution in [-0.4, -0.2) is 9.55 Å². The van der Waals surface area contributed by atoms with Crippen LogP contribution in [-0.2, 0) is 19.4 Å². The minimum atomic E-state index is 0.00338. The summed E-state index contributed by atoms with van der Waals surface area (Å²) in [6.07, 6.45) is 4.28. The number of aryl methyl sites for hydroxylation is 3. The number of nitrogens with zero attached hydrogens (tertiary/aromatic N) is 3. The molecule has 0 bridgehead atoms. The maximum Gasteiger partial charge on any atom is 0.263 e. The van der Waals surface area contributed by atoms with Crippen molar-refractivity contribution < 1.29 is 0 Å². The summed E-state index contributed by atoms with van der Waals surface area (Å²) < 4.78 is 1.76. The number of rotatable bonds is 3. The Bertz CT molecular complexity index is 1370. The highest BCUT2D eigenvalue weighted by Crippen LogP contribution is 2.35. The highest BCUT2D eigenvalue weighted by Gasteiger charge is 2.23. The van der Waals surface area contributed by atoms with Crippen molar-refractivity contribution >= 4 is 21.6 Å². The second-order valence-corrected chi connectivity index (χ2v) is 8.94. The van der Waals surface area contributed by atoms with Crippen LogP contribution in [0.25, 0.3) is 21.6 Å². The Morgan fingerprint density at radius 3 is 2.80 bits per heavy atom. The summed E-state index contributed by atoms with van der Waals surface area (Å²) in [5.41, 5.74) is 4.67. The topological polar surface area (TPSA) is 58.7 Å². The molecule has 2 aromatic heterocycles. The van der Waals surface area contributed by atoms with Gasteiger partial charge in [-0.25, -0.2) is 4.98 Å². The summed E-state index contributed by atoms with van der Waals surface area (Å²) in [5.74, 6) is 0.669. The van der Waals surface area contributed by atoms with E-state index in [0.29, 0.717) is 17.9 Å². The number of nitriles is 1. The summed E-state index contributed by atoms with van der Waals surface area (Å²) in [7, 11) is 0. The average Bonchev–Trinajstić information content (AvgIpc) is 3.14. The quantitative estimate of drug-likeness (QED) is 0.464. The molecule has 5 heteroatoms. The first kappa shape index (κ1) is 18.8. The SMILES string of the molecule is Cc1cccc(-c2nc3sc4c(c3c(=O)n2Cc2ccccc2C#N)CCCC4)c1. The Hall–Kier alpha value is -3.23. The molecule has 4 aromatic rings. The normalized spacial score (nSPS) is 13.2. The molecule has 0 unspecified atom stereocenters. The van der Waals surface area contributed by atoms with Crippen LogP contribution in [0.2, 0.25) is 0 Å². The molecule has 1 aliphatic rings. The van der Waals surface area contributed by atoms with Gasteiger partial charge >= 0.3 is 0 Å². The molecule has 0 atom stereocenters. The van der Waals surface area contributed by atoms with Crippen LogP contribution >= 0.6 is 11.3 Å². The standard InChI is InChI=1S/C25H21N3OS/c1-16-7-6-10-17(13-16)23-27-24-22(20-11-4-5-12-21(20)30-24)25(29)28(23)15-19-9-3-2-8-18(19)14-26/h2-3,6-10,13H,4-5,11-12,15H2,1H3. The van der Waals surface area contributed by atoms with Crippen molar-refractivity contribution in [3.8, 4) is 17.5 Å². The average molecular weight is 412 g/mol. The smallest absolute Gasteiger partial charge is 0.263 e. The largest absolute Gasteiger partial charge is 0.288 e. The van der Waals surface area contributed by atoms with E-state index in [1.807, 2.05) is 43.3 Å². The Morgan fingerprint density at radius 2 is 1.97 bits per heavy atom. The highest BCUT2D eigenvalue weighted by atomic mass is 32.1. The molecular weight excluding hydrogens is 390 g/mol. The van der Waals surface area contributed by atoms with Gasteiger partial charge in [0.15, 0.2) is 0 Å². The summed E-state index contributed by atoms with van der Waals surface area (Å²) in [6.45, 7) is 2.37. The molecule has 0 saturated heterocycles. The molecule has 1 aliphatic carbocycles. The van der Waals surface area contributed by atoms with Crippen LogP contribution in [0.4, 0.5) is 0 Å². The Kier molecular flexibility index (Phi) is 4.72. The van der Waals surface area contributed by atoms with Gasteiger partial charge in [-0.15, -0.1) is 11.3 Å². The molecule has 0 saturated carbocycles. The summed E-state index contributed by atoms with van der Waals surface area (Å²) >= 11 is 1.67. The molecule has 0 spiro atoms. The van der Waals surface area contributed by atoms with Gasteiger partial charge in [0.25, 0.3) is 5.56 Å². The van der Waals surface area contributed by atoms with E-state index in [1.165, 1.54) is 16.9 Å². The van der Waals surface area contributed by atoms with E-state index in [2.05, 4.69) is 12.1 Å². The first-order chi connectivity index (χ1) is 14.7. The molecule has 0 aliphatic heterocycles. The number of hydrogen-bond acceptors (Lipinski definition) is 4. The lowest BCUT2D eigenvalue weighted by molar-refractivity contribution is 0.698. The highest BCUT2D eigenvalue weighted by molar-refractivity contribution is 7.18. The summed E-state index contributed by atoms with van der Waals surface area (Å²) in [4.78, 5) is 20.9. The second kappa shape index (κ2) is 7.55. The number of fused-ring (bicyclic) bond motifs is 3. The summed E-state index contributed by atoms with van der Waals surface area (Å²) in [6, 6.07) is 17.8. The van der Waals surface area contributed by atoms with Crippen molar-refractivity contribution in [2.45, 2.75) is 39.2 Å². The second-order valence-electron chi connectivity index (χ2n) is 7.86. The van der Waals surface area contributed by atoms with Crippen molar-refractivity contribution in [2.75, 3.05) is 0 Å². The molecule has 0 fully saturated rings. The van der Waals surface area contributed by atoms with Gasteiger partial charge in [0, 0.05) is 10.4 Å². The van der Waals surface area contributed by atoms with Crippen LogP contribution in [0.5, 0.6) is 0 Å². The van der Waals surface area contributed by atoms with E-state index in [1.54, 1.807) is 22.0 Å². The predicted octanol–water partition coefficient (Wildman–Crippen LogP) is 5.23. The molecule has 2 aromatic carbocycles. The maximum absolute atomic E-state index is 13.8. The molecule has 4 nitrogen and oxygen atoms in total. The zero-order valence-electron chi connectivity index (χ0n) is 16.8. The van der Waals surface area contributed by atoms with E-state index >= 15 is 0 Å². The lowest BCUT2D eigenvalue weighted by Gasteiger charge is -2.15. The van der Waals surface area contributed by atoms with E-state index in [4.69, 9.17) is 4.98 Å². The van der Waals surface area contributed by atoms with Gasteiger partial charge in [0.2, 0.25) is 0 Å². The molecule has 0 amide bonds. The van der Waals surface area contributed by atoms with Crippen molar-refractivity contribution in [3.63, 3.8) is 0 Å². The first-order valence-corrected chi connectivity index (χ1v) is 11.1. The minimum Gasteiger partial charge on any atom is -0.288 e. The molecule has 30 heavy (non-hydrogen) atoms. The zero-order valence-corrected chi connectivity index (χ0v) is 17.6. The lowest BCUT2D eigenvalue weighted by Crippen LogP contribution is -2.25. The fourth-order valence-corrected chi connectivity index (χ4v) is 5.58. The van der Waals surface area contributed by atoms with Crippen LogP contribution < -0.4 is 5.56 Å². The van der Waals surface area contributed by atoms with Crippen molar-refractivity contribution in [2.24, 2.45) is 0 Å². The maximum atomic E-state index is 13.8. The fourth-order valence-electron chi connectivity index (χ4n) is 4.33. The summed E-state index contributed by atoms with van der Waals surface area (Å²) in [5, 5.41) is 10.3. The molecule has 0 radical (unpaired) electrons. The van der Waals surface area contributed by atoms with E-state index < -0.39 is 0 Å². The zero-order chi connectivity index (χ0) is 20.7. The van der Waals surface area contributed by atoms with Gasteiger partial charge in [-0.05, 0) is 55.9 Å². The third kappa shape index (κ3) is 3.14. The van der Waals surface area contributed by atoms with Crippen molar-refractivity contribution in [1.82, 2.24) is 9.55 Å². The van der Waals surface area contributed by atoms with Crippen LogP contribution in [0.15, 0.2) is 53.3 Å². The Morgan fingerprint density at radius 1 is 1.13 bits per heavy atom. The molecule has 5 rings (SSSR count). The number of benzene rings is 2. The van der Waals surface area contributed by atoms with E-state index in [0.717, 1.165) is 46.2 Å². The van der Waals surface area contributed by atoms with Gasteiger partial charge < -0.3 is 0 Å². The van der Waals surface area contributed by atoms with Crippen molar-refractivity contribution in [3.05, 3.63) is 86.0 Å². The molecular formula is C25H21N3OS. The third-order valence-electron chi connectivity index (χ3n) is 5.82. The Balaban J connectivity index is 1.79. The van der Waals surface area contributed by atoms with E-state index in [9.17, 15) is 10.1 Å². The monoisotopic (exact) mass is 411 g/mol. The molecule has 2 heterocycles. The van der Waals surface area contributed by atoms with Gasteiger partial charge in [-0.3, -0.25) is 9.36 Å². The minimum absolute atomic E-state index is 0.00338. The fraction of sp³-hybridized carbons (Fsp3) is 0.240. The van der Waals surface area contributed by atoms with Crippen LogP contribution in [0.3, 0.4) is 0 Å². The first-order valence-electron chi connectivity index (χ1n) is 10.3. The number of aromatic nitrogens is 2. The van der Waals surface area contributed by atoms with Crippen molar-refractivity contribution in [1.29, 1.82) is 5.26 Å². The predicted molar refractivity (Wildman–Crippen MR) is 121 cm³/mol. The lowest BCUT2D eigenvalue weighted by atomic mass is 9.97. The third-order valence-corrected chi connectivity index (χ3v) is 7.00. The van der Waals surface area contributed by atoms with Gasteiger partial charge in [0.1, 0.15) is 10.7 Å². The number of hydrogen-bond donors (Lipinski definition) is 0. The van der Waals surface area contributed by atoms with Crippen LogP contribution in [0, 0.1) is 18.3 Å². The van der Waals surface area contributed by atoms with Gasteiger partial charge in [-0.1, -0.05) is 42.0 Å². The molecule has 148 valence electrons. The van der Waals surface area contributed by atoms with Gasteiger partial charge in [-0.2, -0.15) is 5.26 Å². The molecule has 0 N–H and O–H groups in total. The van der Waals surface area contributed by atoms with E-state index in [-0.39, 0.29) is 5.56 Å². The Labute approximate surface area is 179 Å². The van der Waals surface area contributed by atoms with Crippen LogP contribution in [0.1, 0.15) is 40.0 Å². The number of thiophene rings is 1.